The molecule has 0 N–H and O–H groups in total. The summed E-state index contributed by atoms with van der Waals surface area (Å²) in [6.07, 6.45) is 0.438. The van der Waals surface area contributed by atoms with Crippen LogP contribution in [0, 0.1) is 0 Å². The van der Waals surface area contributed by atoms with Crippen molar-refractivity contribution >= 4 is 23.2 Å². The molecule has 4 nitrogen and oxygen atoms in total. The van der Waals surface area contributed by atoms with E-state index in [4.69, 9.17) is 4.74 Å². The van der Waals surface area contributed by atoms with Gasteiger partial charge < -0.3 is 9.64 Å². The Labute approximate surface area is 134 Å². The number of rotatable bonds is 6. The van der Waals surface area contributed by atoms with Crippen molar-refractivity contribution in [2.45, 2.75) is 19.4 Å². The standard InChI is InChI=1S/C17H19NO3S/c1-3-21-17(20)14(12-13-8-5-4-6-9-13)18(2)16(19)15-10-7-11-22-15/h4-11,14H,3,12H2,1-2H3/t14-/m1/s1. The van der Waals surface area contributed by atoms with Gasteiger partial charge in [0.2, 0.25) is 0 Å². The average molecular weight is 317 g/mol. The fourth-order valence-electron chi connectivity index (χ4n) is 2.17. The molecule has 0 radical (unpaired) electrons. The summed E-state index contributed by atoms with van der Waals surface area (Å²) >= 11 is 1.36. The number of esters is 1. The van der Waals surface area contributed by atoms with E-state index in [1.165, 1.54) is 16.2 Å². The van der Waals surface area contributed by atoms with Gasteiger partial charge in [-0.25, -0.2) is 4.79 Å². The molecule has 116 valence electrons. The van der Waals surface area contributed by atoms with Crippen molar-refractivity contribution in [1.29, 1.82) is 0 Å². The Hall–Kier alpha value is -2.14. The lowest BCUT2D eigenvalue weighted by molar-refractivity contribution is -0.148. The molecule has 0 aliphatic heterocycles. The average Bonchev–Trinajstić information content (AvgIpc) is 3.07. The highest BCUT2D eigenvalue weighted by Gasteiger charge is 2.29. The lowest BCUT2D eigenvalue weighted by Gasteiger charge is -2.26. The molecule has 0 bridgehead atoms. The molecule has 0 aliphatic rings. The number of amides is 1. The highest BCUT2D eigenvalue weighted by atomic mass is 32.1. The van der Waals surface area contributed by atoms with E-state index in [-0.39, 0.29) is 11.9 Å². The van der Waals surface area contributed by atoms with Gasteiger partial charge in [-0.2, -0.15) is 0 Å². The number of ether oxygens (including phenoxy) is 1. The van der Waals surface area contributed by atoms with Gasteiger partial charge in [0.05, 0.1) is 11.5 Å². The van der Waals surface area contributed by atoms with Crippen LogP contribution in [0.4, 0.5) is 0 Å². The highest BCUT2D eigenvalue weighted by Crippen LogP contribution is 2.16. The largest absolute Gasteiger partial charge is 0.464 e. The summed E-state index contributed by atoms with van der Waals surface area (Å²) in [7, 11) is 1.65. The van der Waals surface area contributed by atoms with Gasteiger partial charge in [-0.1, -0.05) is 36.4 Å². The van der Waals surface area contributed by atoms with Gasteiger partial charge in [0, 0.05) is 13.5 Å². The smallest absolute Gasteiger partial charge is 0.329 e. The Kier molecular flexibility index (Phi) is 5.72. The SMILES string of the molecule is CCOC(=O)[C@@H](Cc1ccccc1)N(C)C(=O)c1cccs1. The highest BCUT2D eigenvalue weighted by molar-refractivity contribution is 7.12. The second kappa shape index (κ2) is 7.75. The van der Waals surface area contributed by atoms with E-state index in [0.29, 0.717) is 17.9 Å². The molecule has 1 atom stereocenters. The van der Waals surface area contributed by atoms with E-state index in [1.807, 2.05) is 41.8 Å². The van der Waals surface area contributed by atoms with Crippen molar-refractivity contribution in [3.63, 3.8) is 0 Å². The lowest BCUT2D eigenvalue weighted by atomic mass is 10.0. The van der Waals surface area contributed by atoms with Crippen LogP contribution in [0.5, 0.6) is 0 Å². The Balaban J connectivity index is 2.19. The van der Waals surface area contributed by atoms with Crippen molar-refractivity contribution in [2.24, 2.45) is 0 Å². The van der Waals surface area contributed by atoms with Gasteiger partial charge in [-0.05, 0) is 23.9 Å². The molecular formula is C17H19NO3S. The van der Waals surface area contributed by atoms with Crippen LogP contribution < -0.4 is 0 Å². The van der Waals surface area contributed by atoms with Crippen LogP contribution in [-0.2, 0) is 16.0 Å². The third kappa shape index (κ3) is 3.95. The number of carbonyl (C=O) groups excluding carboxylic acids is 2. The maximum absolute atomic E-state index is 12.5. The molecule has 1 amide bonds. The summed E-state index contributed by atoms with van der Waals surface area (Å²) in [5.74, 6) is -0.539. The van der Waals surface area contributed by atoms with Gasteiger partial charge in [-0.15, -0.1) is 11.3 Å². The minimum atomic E-state index is -0.628. The third-order valence-electron chi connectivity index (χ3n) is 3.35. The molecule has 0 saturated carbocycles. The zero-order chi connectivity index (χ0) is 15.9. The molecule has 0 unspecified atom stereocenters. The first-order chi connectivity index (χ1) is 10.6. The second-order valence-electron chi connectivity index (χ2n) is 4.85. The van der Waals surface area contributed by atoms with Gasteiger partial charge in [0.1, 0.15) is 6.04 Å². The van der Waals surface area contributed by atoms with Crippen LogP contribution in [-0.4, -0.2) is 36.5 Å². The second-order valence-corrected chi connectivity index (χ2v) is 5.80. The molecule has 2 rings (SSSR count). The van der Waals surface area contributed by atoms with E-state index >= 15 is 0 Å². The number of carbonyl (C=O) groups is 2. The topological polar surface area (TPSA) is 46.6 Å². The monoisotopic (exact) mass is 317 g/mol. The maximum Gasteiger partial charge on any atom is 0.329 e. The summed E-state index contributed by atoms with van der Waals surface area (Å²) in [4.78, 5) is 26.8. The summed E-state index contributed by atoms with van der Waals surface area (Å²) < 4.78 is 5.14. The van der Waals surface area contributed by atoms with Gasteiger partial charge in [-0.3, -0.25) is 4.79 Å². The Morgan fingerprint density at radius 3 is 2.50 bits per heavy atom. The maximum atomic E-state index is 12.5. The van der Waals surface area contributed by atoms with Crippen molar-refractivity contribution in [2.75, 3.05) is 13.7 Å². The summed E-state index contributed by atoms with van der Waals surface area (Å²) in [6, 6.07) is 12.6. The van der Waals surface area contributed by atoms with Crippen molar-refractivity contribution in [1.82, 2.24) is 4.90 Å². The predicted octanol–water partition coefficient (Wildman–Crippen LogP) is 2.99. The predicted molar refractivity (Wildman–Crippen MR) is 87.0 cm³/mol. The van der Waals surface area contributed by atoms with E-state index in [0.717, 1.165) is 5.56 Å². The molecule has 2 aromatic rings. The van der Waals surface area contributed by atoms with Crippen LogP contribution in [0.25, 0.3) is 0 Å². The third-order valence-corrected chi connectivity index (χ3v) is 4.21. The van der Waals surface area contributed by atoms with Crippen molar-refractivity contribution < 1.29 is 14.3 Å². The van der Waals surface area contributed by atoms with Crippen LogP contribution >= 0.6 is 11.3 Å². The zero-order valence-electron chi connectivity index (χ0n) is 12.7. The quantitative estimate of drug-likeness (QED) is 0.770. The molecule has 1 aromatic carbocycles. The van der Waals surface area contributed by atoms with E-state index < -0.39 is 6.04 Å². The number of benzene rings is 1. The van der Waals surface area contributed by atoms with Crippen LogP contribution in [0.1, 0.15) is 22.2 Å². The summed E-state index contributed by atoms with van der Waals surface area (Å²) in [6.45, 7) is 2.06. The molecule has 0 fully saturated rings. The molecule has 0 saturated heterocycles. The number of thiophene rings is 1. The minimum Gasteiger partial charge on any atom is -0.464 e. The Morgan fingerprint density at radius 1 is 1.18 bits per heavy atom. The van der Waals surface area contributed by atoms with Crippen LogP contribution in [0.3, 0.4) is 0 Å². The van der Waals surface area contributed by atoms with Gasteiger partial charge >= 0.3 is 5.97 Å². The fourth-order valence-corrected chi connectivity index (χ4v) is 2.88. The molecule has 5 heteroatoms. The molecule has 1 heterocycles. The molecule has 0 aliphatic carbocycles. The van der Waals surface area contributed by atoms with Gasteiger partial charge in [0.15, 0.2) is 0 Å². The molecule has 22 heavy (non-hydrogen) atoms. The van der Waals surface area contributed by atoms with Crippen molar-refractivity contribution in [3.8, 4) is 0 Å². The number of hydrogen-bond acceptors (Lipinski definition) is 4. The van der Waals surface area contributed by atoms with Crippen LogP contribution in [0.15, 0.2) is 47.8 Å². The molecular weight excluding hydrogens is 298 g/mol. The van der Waals surface area contributed by atoms with Crippen molar-refractivity contribution in [3.05, 3.63) is 58.3 Å². The molecule has 1 aromatic heterocycles. The fraction of sp³-hybridized carbons (Fsp3) is 0.294. The lowest BCUT2D eigenvalue weighted by Crippen LogP contribution is -2.44. The van der Waals surface area contributed by atoms with E-state index in [2.05, 4.69) is 0 Å². The minimum absolute atomic E-state index is 0.163. The Morgan fingerprint density at radius 2 is 1.91 bits per heavy atom. The number of likely N-dealkylation sites (N-methyl/N-ethyl adjacent to an activating group) is 1. The zero-order valence-corrected chi connectivity index (χ0v) is 13.5. The first-order valence-corrected chi connectivity index (χ1v) is 8.02. The first kappa shape index (κ1) is 16.2. The summed E-state index contributed by atoms with van der Waals surface area (Å²) in [5, 5.41) is 1.84. The van der Waals surface area contributed by atoms with E-state index in [1.54, 1.807) is 20.0 Å². The number of nitrogens with zero attached hydrogens (tertiary/aromatic N) is 1. The van der Waals surface area contributed by atoms with E-state index in [9.17, 15) is 9.59 Å². The van der Waals surface area contributed by atoms with Crippen LogP contribution in [0.2, 0.25) is 0 Å². The molecule has 0 spiro atoms. The number of hydrogen-bond donors (Lipinski definition) is 0. The summed E-state index contributed by atoms with van der Waals surface area (Å²) in [5.41, 5.74) is 0.992. The Bertz CT molecular complexity index is 610. The normalized spacial score (nSPS) is 11.7. The van der Waals surface area contributed by atoms with Gasteiger partial charge in [0.25, 0.3) is 5.91 Å². The first-order valence-electron chi connectivity index (χ1n) is 7.14.